The predicted octanol–water partition coefficient (Wildman–Crippen LogP) is 3.18. The van der Waals surface area contributed by atoms with Crippen molar-refractivity contribution < 1.29 is 5.11 Å². The van der Waals surface area contributed by atoms with Gasteiger partial charge < -0.3 is 5.11 Å². The number of benzene rings is 1. The number of aliphatic hydroxyl groups is 1. The number of hydrogen-bond donors (Lipinski definition) is 1. The summed E-state index contributed by atoms with van der Waals surface area (Å²) in [7, 11) is 0. The zero-order chi connectivity index (χ0) is 9.14. The zero-order valence-corrected chi connectivity index (χ0v) is 8.42. The van der Waals surface area contributed by atoms with Crippen molar-refractivity contribution in [1.82, 2.24) is 0 Å². The molecule has 0 saturated carbocycles. The van der Waals surface area contributed by atoms with Crippen molar-refractivity contribution in [2.75, 3.05) is 6.61 Å². The standard InChI is InChI=1S/C8H7Cl3O/c9-6-4-8(11)7(10)3-5(6)1-2-12/h3-4,12H,1-2H2. The average molecular weight is 226 g/mol. The van der Waals surface area contributed by atoms with Crippen LogP contribution in [0.15, 0.2) is 12.1 Å². The van der Waals surface area contributed by atoms with Crippen LogP contribution in [-0.2, 0) is 6.42 Å². The van der Waals surface area contributed by atoms with Crippen LogP contribution in [0.5, 0.6) is 0 Å². The van der Waals surface area contributed by atoms with E-state index in [4.69, 9.17) is 39.9 Å². The summed E-state index contributed by atoms with van der Waals surface area (Å²) in [6, 6.07) is 3.25. The third-order valence-electron chi connectivity index (χ3n) is 1.47. The van der Waals surface area contributed by atoms with E-state index in [9.17, 15) is 0 Å². The zero-order valence-electron chi connectivity index (χ0n) is 6.15. The summed E-state index contributed by atoms with van der Waals surface area (Å²) in [5, 5.41) is 10.1. The Balaban J connectivity index is 3.05. The molecule has 0 unspecified atom stereocenters. The van der Waals surface area contributed by atoms with E-state index >= 15 is 0 Å². The Labute approximate surface area is 85.9 Å². The van der Waals surface area contributed by atoms with Crippen molar-refractivity contribution in [3.8, 4) is 0 Å². The van der Waals surface area contributed by atoms with Gasteiger partial charge in [0.05, 0.1) is 10.0 Å². The summed E-state index contributed by atoms with van der Waals surface area (Å²) in [6.45, 7) is 0.0533. The van der Waals surface area contributed by atoms with Gasteiger partial charge in [0.2, 0.25) is 0 Å². The highest BCUT2D eigenvalue weighted by Crippen LogP contribution is 2.28. The summed E-state index contributed by atoms with van der Waals surface area (Å²) in [6.07, 6.45) is 0.496. The molecule has 0 aromatic heterocycles. The fourth-order valence-corrected chi connectivity index (χ4v) is 1.54. The molecular formula is C8H7Cl3O. The van der Waals surface area contributed by atoms with Crippen LogP contribution in [0.1, 0.15) is 5.56 Å². The Hall–Kier alpha value is 0.0500. The van der Waals surface area contributed by atoms with E-state index in [1.807, 2.05) is 0 Å². The molecule has 1 N–H and O–H groups in total. The summed E-state index contributed by atoms with van der Waals surface area (Å²) < 4.78 is 0. The molecule has 0 fully saturated rings. The first kappa shape index (κ1) is 10.1. The fraction of sp³-hybridized carbons (Fsp3) is 0.250. The smallest absolute Gasteiger partial charge is 0.0607 e. The Kier molecular flexibility index (Phi) is 3.66. The van der Waals surface area contributed by atoms with Gasteiger partial charge in [0.25, 0.3) is 0 Å². The maximum Gasteiger partial charge on any atom is 0.0607 e. The van der Waals surface area contributed by atoms with Crippen LogP contribution in [0.25, 0.3) is 0 Å². The molecule has 1 rings (SSSR count). The molecule has 1 aromatic rings. The lowest BCUT2D eigenvalue weighted by atomic mass is 10.2. The van der Waals surface area contributed by atoms with Gasteiger partial charge in [-0.3, -0.25) is 0 Å². The van der Waals surface area contributed by atoms with Crippen molar-refractivity contribution in [2.24, 2.45) is 0 Å². The molecule has 66 valence electrons. The topological polar surface area (TPSA) is 20.2 Å². The quantitative estimate of drug-likeness (QED) is 0.767. The van der Waals surface area contributed by atoms with Gasteiger partial charge in [-0.2, -0.15) is 0 Å². The van der Waals surface area contributed by atoms with Gasteiger partial charge in [-0.15, -0.1) is 0 Å². The fourth-order valence-electron chi connectivity index (χ4n) is 0.876. The van der Waals surface area contributed by atoms with Gasteiger partial charge in [-0.1, -0.05) is 34.8 Å². The minimum Gasteiger partial charge on any atom is -0.396 e. The van der Waals surface area contributed by atoms with E-state index in [1.165, 1.54) is 0 Å². The van der Waals surface area contributed by atoms with Gasteiger partial charge >= 0.3 is 0 Å². The van der Waals surface area contributed by atoms with Crippen LogP contribution in [0, 0.1) is 0 Å². The van der Waals surface area contributed by atoms with Crippen LogP contribution >= 0.6 is 34.8 Å². The Morgan fingerprint density at radius 1 is 1.00 bits per heavy atom. The molecule has 0 aliphatic carbocycles. The molecule has 1 nitrogen and oxygen atoms in total. The monoisotopic (exact) mass is 224 g/mol. The Bertz CT molecular complexity index is 286. The lowest BCUT2D eigenvalue weighted by Gasteiger charge is -2.03. The second-order valence-corrected chi connectivity index (χ2v) is 3.55. The van der Waals surface area contributed by atoms with Gasteiger partial charge in [0.15, 0.2) is 0 Å². The van der Waals surface area contributed by atoms with E-state index in [-0.39, 0.29) is 6.61 Å². The predicted molar refractivity (Wildman–Crippen MR) is 52.3 cm³/mol. The van der Waals surface area contributed by atoms with Gasteiger partial charge in [0.1, 0.15) is 0 Å². The molecule has 12 heavy (non-hydrogen) atoms. The Morgan fingerprint density at radius 3 is 2.17 bits per heavy atom. The van der Waals surface area contributed by atoms with Crippen molar-refractivity contribution in [3.05, 3.63) is 32.8 Å². The second-order valence-electron chi connectivity index (χ2n) is 2.33. The molecule has 4 heteroatoms. The van der Waals surface area contributed by atoms with E-state index in [0.717, 1.165) is 5.56 Å². The van der Waals surface area contributed by atoms with Crippen molar-refractivity contribution in [1.29, 1.82) is 0 Å². The summed E-state index contributed by atoms with van der Waals surface area (Å²) >= 11 is 17.3. The van der Waals surface area contributed by atoms with Gasteiger partial charge in [-0.05, 0) is 24.1 Å². The second kappa shape index (κ2) is 4.33. The van der Waals surface area contributed by atoms with Gasteiger partial charge in [-0.25, -0.2) is 0 Å². The number of hydrogen-bond acceptors (Lipinski definition) is 1. The third-order valence-corrected chi connectivity index (χ3v) is 2.54. The largest absolute Gasteiger partial charge is 0.396 e. The van der Waals surface area contributed by atoms with E-state index < -0.39 is 0 Å². The number of halogens is 3. The van der Waals surface area contributed by atoms with Crippen molar-refractivity contribution in [2.45, 2.75) is 6.42 Å². The summed E-state index contributed by atoms with van der Waals surface area (Å²) in [5.74, 6) is 0. The summed E-state index contributed by atoms with van der Waals surface area (Å²) in [5.41, 5.74) is 0.813. The molecule has 0 radical (unpaired) electrons. The van der Waals surface area contributed by atoms with Crippen LogP contribution < -0.4 is 0 Å². The van der Waals surface area contributed by atoms with E-state index in [0.29, 0.717) is 21.5 Å². The lowest BCUT2D eigenvalue weighted by molar-refractivity contribution is 0.299. The normalized spacial score (nSPS) is 10.3. The minimum absolute atomic E-state index is 0.0533. The molecule has 1 aromatic carbocycles. The first-order valence-electron chi connectivity index (χ1n) is 3.39. The molecule has 0 atom stereocenters. The molecule has 0 heterocycles. The highest BCUT2D eigenvalue weighted by Gasteiger charge is 2.04. The molecule has 0 spiro atoms. The molecule has 0 saturated heterocycles. The van der Waals surface area contributed by atoms with E-state index in [1.54, 1.807) is 12.1 Å². The van der Waals surface area contributed by atoms with Crippen LogP contribution in [-0.4, -0.2) is 11.7 Å². The summed E-state index contributed by atoms with van der Waals surface area (Å²) in [4.78, 5) is 0. The van der Waals surface area contributed by atoms with Gasteiger partial charge in [0, 0.05) is 11.6 Å². The molecule has 0 bridgehead atoms. The van der Waals surface area contributed by atoms with E-state index in [2.05, 4.69) is 0 Å². The number of rotatable bonds is 2. The SMILES string of the molecule is OCCc1cc(Cl)c(Cl)cc1Cl. The molecule has 0 aliphatic rings. The first-order chi connectivity index (χ1) is 5.65. The third kappa shape index (κ3) is 2.27. The highest BCUT2D eigenvalue weighted by atomic mass is 35.5. The van der Waals surface area contributed by atoms with Crippen molar-refractivity contribution in [3.63, 3.8) is 0 Å². The van der Waals surface area contributed by atoms with Crippen molar-refractivity contribution >= 4 is 34.8 Å². The van der Waals surface area contributed by atoms with Crippen LogP contribution in [0.4, 0.5) is 0 Å². The molecule has 0 aliphatic heterocycles. The average Bonchev–Trinajstić information content (AvgIpc) is 2.01. The lowest BCUT2D eigenvalue weighted by Crippen LogP contribution is -1.91. The maximum atomic E-state index is 8.67. The minimum atomic E-state index is 0.0533. The Morgan fingerprint density at radius 2 is 1.58 bits per heavy atom. The molecular weight excluding hydrogens is 218 g/mol. The van der Waals surface area contributed by atoms with Crippen LogP contribution in [0.2, 0.25) is 15.1 Å². The first-order valence-corrected chi connectivity index (χ1v) is 4.53. The maximum absolute atomic E-state index is 8.67. The molecule has 0 amide bonds. The number of aliphatic hydroxyl groups excluding tert-OH is 1. The highest BCUT2D eigenvalue weighted by molar-refractivity contribution is 6.43. The van der Waals surface area contributed by atoms with Crippen LogP contribution in [0.3, 0.4) is 0 Å².